The van der Waals surface area contributed by atoms with Gasteiger partial charge in [0, 0.05) is 5.56 Å². The van der Waals surface area contributed by atoms with Crippen molar-refractivity contribution in [3.8, 4) is 5.75 Å². The first kappa shape index (κ1) is 20.7. The summed E-state index contributed by atoms with van der Waals surface area (Å²) in [6.07, 6.45) is 3.11. The second-order valence-electron chi connectivity index (χ2n) is 6.54. The van der Waals surface area contributed by atoms with E-state index in [0.29, 0.717) is 22.4 Å². The Morgan fingerprint density at radius 2 is 1.40 bits per heavy atom. The molecule has 30 heavy (non-hydrogen) atoms. The number of carbonyl (C=O) groups excluding carboxylic acids is 3. The minimum atomic E-state index is -0.442. The minimum absolute atomic E-state index is 0.191. The maximum atomic E-state index is 12.4. The first-order valence-corrected chi connectivity index (χ1v) is 9.26. The zero-order valence-corrected chi connectivity index (χ0v) is 16.6. The number of ether oxygens (including phenoxy) is 2. The van der Waals surface area contributed by atoms with Crippen molar-refractivity contribution in [2.24, 2.45) is 0 Å². The summed E-state index contributed by atoms with van der Waals surface area (Å²) in [5.74, 6) is -0.682. The lowest BCUT2D eigenvalue weighted by atomic mass is 10.1. The van der Waals surface area contributed by atoms with E-state index < -0.39 is 11.9 Å². The van der Waals surface area contributed by atoms with E-state index in [0.717, 1.165) is 11.1 Å². The maximum Gasteiger partial charge on any atom is 0.343 e. The molecular weight excluding hydrogens is 380 g/mol. The van der Waals surface area contributed by atoms with Crippen molar-refractivity contribution < 1.29 is 23.9 Å². The van der Waals surface area contributed by atoms with Crippen LogP contribution in [0.4, 0.5) is 0 Å². The number of esters is 2. The summed E-state index contributed by atoms with van der Waals surface area (Å²) < 4.78 is 10.0. The molecule has 0 atom stereocenters. The molecule has 0 heterocycles. The number of carbonyl (C=O) groups is 3. The SMILES string of the molecule is COC(=O)c1ccc(/C=C/C(=O)c2ccc(OC(=O)c3ccccc3C)cc2)cc1. The van der Waals surface area contributed by atoms with E-state index in [1.54, 1.807) is 66.7 Å². The Hall–Kier alpha value is -3.99. The van der Waals surface area contributed by atoms with Crippen molar-refractivity contribution in [1.29, 1.82) is 0 Å². The summed E-state index contributed by atoms with van der Waals surface area (Å²) in [6.45, 7) is 1.84. The van der Waals surface area contributed by atoms with Crippen LogP contribution in [-0.4, -0.2) is 24.8 Å². The van der Waals surface area contributed by atoms with Crippen molar-refractivity contribution in [2.45, 2.75) is 6.92 Å². The monoisotopic (exact) mass is 400 g/mol. The summed E-state index contributed by atoms with van der Waals surface area (Å²) in [7, 11) is 1.32. The van der Waals surface area contributed by atoms with Gasteiger partial charge in [-0.1, -0.05) is 36.4 Å². The molecular formula is C25H20O5. The lowest BCUT2D eigenvalue weighted by Gasteiger charge is -2.07. The van der Waals surface area contributed by atoms with Gasteiger partial charge in [0.25, 0.3) is 0 Å². The topological polar surface area (TPSA) is 69.7 Å². The van der Waals surface area contributed by atoms with Crippen LogP contribution in [0.3, 0.4) is 0 Å². The van der Waals surface area contributed by atoms with Gasteiger partial charge in [-0.15, -0.1) is 0 Å². The molecule has 0 spiro atoms. The summed E-state index contributed by atoms with van der Waals surface area (Å²) in [5, 5.41) is 0. The van der Waals surface area contributed by atoms with Gasteiger partial charge in [-0.3, -0.25) is 4.79 Å². The molecule has 5 nitrogen and oxygen atoms in total. The number of aryl methyl sites for hydroxylation is 1. The van der Waals surface area contributed by atoms with E-state index in [1.165, 1.54) is 13.2 Å². The Kier molecular flexibility index (Phi) is 6.55. The van der Waals surface area contributed by atoms with Crippen LogP contribution in [0.5, 0.6) is 5.75 Å². The van der Waals surface area contributed by atoms with Crippen molar-refractivity contribution >= 4 is 23.8 Å². The highest BCUT2D eigenvalue weighted by Gasteiger charge is 2.11. The van der Waals surface area contributed by atoms with Crippen molar-refractivity contribution in [2.75, 3.05) is 7.11 Å². The predicted octanol–water partition coefficient (Wildman–Crippen LogP) is 4.90. The zero-order valence-electron chi connectivity index (χ0n) is 16.6. The minimum Gasteiger partial charge on any atom is -0.465 e. The molecule has 0 amide bonds. The molecule has 0 aliphatic heterocycles. The van der Waals surface area contributed by atoms with Gasteiger partial charge >= 0.3 is 11.9 Å². The quantitative estimate of drug-likeness (QED) is 0.255. The van der Waals surface area contributed by atoms with Crippen LogP contribution >= 0.6 is 0 Å². The summed E-state index contributed by atoms with van der Waals surface area (Å²) >= 11 is 0. The fraction of sp³-hybridized carbons (Fsp3) is 0.0800. The van der Waals surface area contributed by atoms with E-state index in [9.17, 15) is 14.4 Å². The van der Waals surface area contributed by atoms with E-state index in [-0.39, 0.29) is 5.78 Å². The molecule has 0 unspecified atom stereocenters. The number of allylic oxidation sites excluding steroid dienone is 1. The Balaban J connectivity index is 1.63. The number of rotatable bonds is 6. The van der Waals surface area contributed by atoms with E-state index >= 15 is 0 Å². The molecule has 3 aromatic rings. The Bertz CT molecular complexity index is 1090. The number of hydrogen-bond donors (Lipinski definition) is 0. The first-order valence-electron chi connectivity index (χ1n) is 9.26. The molecule has 0 fully saturated rings. The van der Waals surface area contributed by atoms with Crippen LogP contribution in [0.15, 0.2) is 78.9 Å². The van der Waals surface area contributed by atoms with Gasteiger partial charge in [0.15, 0.2) is 5.78 Å². The highest BCUT2D eigenvalue weighted by atomic mass is 16.5. The van der Waals surface area contributed by atoms with E-state index in [1.807, 2.05) is 19.1 Å². The molecule has 3 aromatic carbocycles. The molecule has 0 aliphatic carbocycles. The number of hydrogen-bond acceptors (Lipinski definition) is 5. The predicted molar refractivity (Wildman–Crippen MR) is 114 cm³/mol. The van der Waals surface area contributed by atoms with Gasteiger partial charge in [0.05, 0.1) is 18.2 Å². The van der Waals surface area contributed by atoms with Crippen LogP contribution in [0, 0.1) is 6.92 Å². The van der Waals surface area contributed by atoms with Crippen molar-refractivity contribution in [3.63, 3.8) is 0 Å². The standard InChI is InChI=1S/C25H20O5/c1-17-5-3-4-6-22(17)25(28)30-21-14-12-19(13-15-21)23(26)16-9-18-7-10-20(11-8-18)24(27)29-2/h3-16H,1-2H3/b16-9+. The molecule has 0 aliphatic rings. The smallest absolute Gasteiger partial charge is 0.343 e. The molecule has 0 saturated carbocycles. The number of methoxy groups -OCH3 is 1. The maximum absolute atomic E-state index is 12.4. The van der Waals surface area contributed by atoms with Crippen LogP contribution in [-0.2, 0) is 4.74 Å². The second kappa shape index (κ2) is 9.47. The van der Waals surface area contributed by atoms with Crippen LogP contribution in [0.1, 0.15) is 42.2 Å². The van der Waals surface area contributed by atoms with Gasteiger partial charge in [-0.25, -0.2) is 9.59 Å². The third kappa shape index (κ3) is 5.08. The molecule has 0 N–H and O–H groups in total. The van der Waals surface area contributed by atoms with Crippen LogP contribution in [0.2, 0.25) is 0 Å². The molecule has 3 rings (SSSR count). The lowest BCUT2D eigenvalue weighted by molar-refractivity contribution is 0.0600. The van der Waals surface area contributed by atoms with Gasteiger partial charge in [-0.2, -0.15) is 0 Å². The molecule has 0 radical (unpaired) electrons. The molecule has 0 aromatic heterocycles. The third-order valence-corrected chi connectivity index (χ3v) is 4.47. The van der Waals surface area contributed by atoms with E-state index in [2.05, 4.69) is 4.74 Å². The Morgan fingerprint density at radius 3 is 2.03 bits per heavy atom. The second-order valence-corrected chi connectivity index (χ2v) is 6.54. The fourth-order valence-electron chi connectivity index (χ4n) is 2.77. The van der Waals surface area contributed by atoms with Gasteiger partial charge in [0.1, 0.15) is 5.75 Å². The number of ketones is 1. The third-order valence-electron chi connectivity index (χ3n) is 4.47. The summed E-state index contributed by atoms with van der Waals surface area (Å²) in [4.78, 5) is 36.1. The average molecular weight is 400 g/mol. The van der Waals surface area contributed by atoms with Gasteiger partial charge in [-0.05, 0) is 66.6 Å². The highest BCUT2D eigenvalue weighted by molar-refractivity contribution is 6.07. The summed E-state index contributed by atoms with van der Waals surface area (Å²) in [6, 6.07) is 20.3. The Labute approximate surface area is 174 Å². The number of benzene rings is 3. The zero-order chi connectivity index (χ0) is 21.5. The van der Waals surface area contributed by atoms with Crippen LogP contribution in [0.25, 0.3) is 6.08 Å². The van der Waals surface area contributed by atoms with Crippen molar-refractivity contribution in [1.82, 2.24) is 0 Å². The average Bonchev–Trinajstić information content (AvgIpc) is 2.78. The van der Waals surface area contributed by atoms with E-state index in [4.69, 9.17) is 4.74 Å². The van der Waals surface area contributed by atoms with Gasteiger partial charge in [0.2, 0.25) is 0 Å². The Morgan fingerprint density at radius 1 is 0.767 bits per heavy atom. The normalized spacial score (nSPS) is 10.6. The highest BCUT2D eigenvalue weighted by Crippen LogP contribution is 2.17. The molecule has 0 bridgehead atoms. The van der Waals surface area contributed by atoms with Crippen molar-refractivity contribution in [3.05, 3.63) is 107 Å². The summed E-state index contributed by atoms with van der Waals surface area (Å²) in [5.41, 5.74) is 3.02. The lowest BCUT2D eigenvalue weighted by Crippen LogP contribution is -2.10. The van der Waals surface area contributed by atoms with Crippen LogP contribution < -0.4 is 4.74 Å². The molecule has 150 valence electrons. The molecule has 5 heteroatoms. The largest absolute Gasteiger partial charge is 0.465 e. The molecule has 0 saturated heterocycles. The first-order chi connectivity index (χ1) is 14.5. The fourth-order valence-corrected chi connectivity index (χ4v) is 2.77. The van der Waals surface area contributed by atoms with Gasteiger partial charge < -0.3 is 9.47 Å².